The third-order valence-electron chi connectivity index (χ3n) is 3.55. The molecule has 17 heavy (non-hydrogen) atoms. The molecule has 0 radical (unpaired) electrons. The minimum absolute atomic E-state index is 0.234. The predicted octanol–water partition coefficient (Wildman–Crippen LogP) is 2.20. The molecule has 1 unspecified atom stereocenters. The molecule has 0 bridgehead atoms. The number of rotatable bonds is 4. The van der Waals surface area contributed by atoms with Crippen LogP contribution >= 0.6 is 0 Å². The Bertz CT molecular complexity index is 357. The lowest BCUT2D eigenvalue weighted by molar-refractivity contribution is 0.166. The van der Waals surface area contributed by atoms with Crippen LogP contribution in [0.3, 0.4) is 0 Å². The van der Waals surface area contributed by atoms with Gasteiger partial charge in [-0.2, -0.15) is 0 Å². The van der Waals surface area contributed by atoms with E-state index in [0.717, 1.165) is 38.8 Å². The molecule has 2 rings (SSSR count). The van der Waals surface area contributed by atoms with E-state index in [9.17, 15) is 5.11 Å². The Kier molecular flexibility index (Phi) is 4.24. The third-order valence-corrected chi connectivity index (χ3v) is 3.55. The summed E-state index contributed by atoms with van der Waals surface area (Å²) < 4.78 is 2.25. The molecule has 0 amide bonds. The van der Waals surface area contributed by atoms with Crippen LogP contribution in [0.25, 0.3) is 0 Å². The van der Waals surface area contributed by atoms with E-state index >= 15 is 0 Å². The summed E-state index contributed by atoms with van der Waals surface area (Å²) in [6, 6.07) is 0. The largest absolute Gasteiger partial charge is 0.388 e. The van der Waals surface area contributed by atoms with E-state index in [-0.39, 0.29) is 6.10 Å². The fraction of sp³-hybridized carbons (Fsp3) is 0.714. The van der Waals surface area contributed by atoms with Crippen molar-refractivity contribution in [2.24, 2.45) is 0 Å². The number of aliphatic hydroxyl groups excluding tert-OH is 1. The second-order valence-corrected chi connectivity index (χ2v) is 5.40. The number of hydrogen-bond acceptors (Lipinski definition) is 2. The van der Waals surface area contributed by atoms with Crippen molar-refractivity contribution < 1.29 is 5.11 Å². The maximum Gasteiger partial charge on any atom is 0.0807 e. The Morgan fingerprint density at radius 1 is 1.35 bits per heavy atom. The molecule has 3 heteroatoms. The highest BCUT2D eigenvalue weighted by Gasteiger charge is 2.18. The topological polar surface area (TPSA) is 28.4 Å². The van der Waals surface area contributed by atoms with Crippen LogP contribution in [0.1, 0.15) is 42.9 Å². The van der Waals surface area contributed by atoms with Gasteiger partial charge in [0.2, 0.25) is 0 Å². The zero-order valence-corrected chi connectivity index (χ0v) is 11.0. The zero-order valence-electron chi connectivity index (χ0n) is 11.0. The van der Waals surface area contributed by atoms with Crippen molar-refractivity contribution in [1.82, 2.24) is 9.47 Å². The number of hydrogen-bond donors (Lipinski definition) is 1. The van der Waals surface area contributed by atoms with Gasteiger partial charge in [0.1, 0.15) is 0 Å². The van der Waals surface area contributed by atoms with E-state index < -0.39 is 0 Å². The smallest absolute Gasteiger partial charge is 0.0807 e. The molecule has 0 saturated heterocycles. The molecule has 0 fully saturated rings. The Morgan fingerprint density at radius 3 is 2.94 bits per heavy atom. The minimum Gasteiger partial charge on any atom is -0.388 e. The monoisotopic (exact) mass is 236 g/mol. The second kappa shape index (κ2) is 5.69. The number of aliphatic hydroxyl groups is 1. The van der Waals surface area contributed by atoms with Crippen molar-refractivity contribution in [3.63, 3.8) is 0 Å². The fourth-order valence-corrected chi connectivity index (χ4v) is 2.59. The first-order chi connectivity index (χ1) is 8.16. The first-order valence-corrected chi connectivity index (χ1v) is 6.68. The summed E-state index contributed by atoms with van der Waals surface area (Å²) in [7, 11) is 4.21. The summed E-state index contributed by atoms with van der Waals surface area (Å²) >= 11 is 0. The van der Waals surface area contributed by atoms with Gasteiger partial charge in [-0.15, -0.1) is 0 Å². The molecule has 1 aliphatic rings. The van der Waals surface area contributed by atoms with Crippen LogP contribution in [-0.4, -0.2) is 35.2 Å². The van der Waals surface area contributed by atoms with Gasteiger partial charge < -0.3 is 14.6 Å². The van der Waals surface area contributed by atoms with Crippen LogP contribution < -0.4 is 0 Å². The van der Waals surface area contributed by atoms with Gasteiger partial charge in [0, 0.05) is 24.5 Å². The van der Waals surface area contributed by atoms with Gasteiger partial charge in [-0.05, 0) is 51.9 Å². The van der Waals surface area contributed by atoms with Crippen LogP contribution in [0, 0.1) is 0 Å². The van der Waals surface area contributed by atoms with E-state index in [1.807, 2.05) is 0 Å². The standard InChI is InChI=1S/C14H24N2O/c1-15(2)8-5-9-16-10-12-6-3-4-7-14(17)13(12)11-16/h10-11,14,17H,3-9H2,1-2H3. The van der Waals surface area contributed by atoms with Crippen molar-refractivity contribution in [1.29, 1.82) is 0 Å². The third kappa shape index (κ3) is 3.33. The molecular formula is C14H24N2O. The number of nitrogens with zero attached hydrogens (tertiary/aromatic N) is 2. The molecule has 1 heterocycles. The average molecular weight is 236 g/mol. The lowest BCUT2D eigenvalue weighted by Gasteiger charge is -2.09. The van der Waals surface area contributed by atoms with Crippen LogP contribution in [0.4, 0.5) is 0 Å². The molecule has 96 valence electrons. The minimum atomic E-state index is -0.234. The van der Waals surface area contributed by atoms with Gasteiger partial charge in [0.25, 0.3) is 0 Å². The molecule has 1 atom stereocenters. The molecule has 1 aromatic heterocycles. The first kappa shape index (κ1) is 12.7. The van der Waals surface area contributed by atoms with E-state index in [1.165, 1.54) is 17.5 Å². The number of fused-ring (bicyclic) bond motifs is 1. The molecule has 1 aromatic rings. The molecular weight excluding hydrogens is 212 g/mol. The zero-order chi connectivity index (χ0) is 12.3. The molecule has 0 aromatic carbocycles. The summed E-state index contributed by atoms with van der Waals surface area (Å²) in [5, 5.41) is 10.0. The Hall–Kier alpha value is -0.800. The number of aromatic nitrogens is 1. The highest BCUT2D eigenvalue weighted by molar-refractivity contribution is 5.27. The van der Waals surface area contributed by atoms with Gasteiger partial charge in [0.05, 0.1) is 6.10 Å². The molecule has 0 saturated carbocycles. The predicted molar refractivity (Wildman–Crippen MR) is 70.1 cm³/mol. The summed E-state index contributed by atoms with van der Waals surface area (Å²) in [4.78, 5) is 2.21. The first-order valence-electron chi connectivity index (χ1n) is 6.68. The molecule has 0 spiro atoms. The fourth-order valence-electron chi connectivity index (χ4n) is 2.59. The van der Waals surface area contributed by atoms with Crippen molar-refractivity contribution >= 4 is 0 Å². The van der Waals surface area contributed by atoms with E-state index in [4.69, 9.17) is 0 Å². The number of aryl methyl sites for hydroxylation is 2. The Labute approximate surface area is 104 Å². The van der Waals surface area contributed by atoms with Crippen molar-refractivity contribution in [2.75, 3.05) is 20.6 Å². The van der Waals surface area contributed by atoms with E-state index in [2.05, 4.69) is 36.0 Å². The SMILES string of the molecule is CN(C)CCCn1cc2c(c1)C(O)CCCC2. The van der Waals surface area contributed by atoms with Crippen molar-refractivity contribution in [3.8, 4) is 0 Å². The molecule has 1 N–H and O–H groups in total. The van der Waals surface area contributed by atoms with Gasteiger partial charge in [-0.1, -0.05) is 6.42 Å². The molecule has 0 aliphatic heterocycles. The quantitative estimate of drug-likeness (QED) is 0.812. The normalized spacial score (nSPS) is 20.4. The Morgan fingerprint density at radius 2 is 2.18 bits per heavy atom. The maximum atomic E-state index is 10.0. The van der Waals surface area contributed by atoms with Crippen LogP contribution in [0.5, 0.6) is 0 Å². The van der Waals surface area contributed by atoms with Crippen LogP contribution in [0.15, 0.2) is 12.4 Å². The van der Waals surface area contributed by atoms with Gasteiger partial charge in [-0.25, -0.2) is 0 Å². The summed E-state index contributed by atoms with van der Waals surface area (Å²) in [5.74, 6) is 0. The maximum absolute atomic E-state index is 10.0. The Balaban J connectivity index is 1.98. The van der Waals surface area contributed by atoms with E-state index in [0.29, 0.717) is 0 Å². The van der Waals surface area contributed by atoms with E-state index in [1.54, 1.807) is 0 Å². The summed E-state index contributed by atoms with van der Waals surface area (Å²) in [5.41, 5.74) is 2.53. The lowest BCUT2D eigenvalue weighted by Crippen LogP contribution is -2.14. The second-order valence-electron chi connectivity index (χ2n) is 5.40. The average Bonchev–Trinajstić information content (AvgIpc) is 2.60. The summed E-state index contributed by atoms with van der Waals surface area (Å²) in [6.45, 7) is 2.17. The van der Waals surface area contributed by atoms with Crippen molar-refractivity contribution in [3.05, 3.63) is 23.5 Å². The molecule has 1 aliphatic carbocycles. The van der Waals surface area contributed by atoms with Gasteiger partial charge in [-0.3, -0.25) is 0 Å². The van der Waals surface area contributed by atoms with Crippen LogP contribution in [0.2, 0.25) is 0 Å². The highest BCUT2D eigenvalue weighted by Crippen LogP contribution is 2.29. The highest BCUT2D eigenvalue weighted by atomic mass is 16.3. The van der Waals surface area contributed by atoms with Crippen LogP contribution in [-0.2, 0) is 13.0 Å². The summed E-state index contributed by atoms with van der Waals surface area (Å²) in [6.07, 6.45) is 9.74. The molecule has 3 nitrogen and oxygen atoms in total. The van der Waals surface area contributed by atoms with Gasteiger partial charge in [0.15, 0.2) is 0 Å². The van der Waals surface area contributed by atoms with Crippen molar-refractivity contribution in [2.45, 2.75) is 44.8 Å². The van der Waals surface area contributed by atoms with Gasteiger partial charge >= 0.3 is 0 Å². The lowest BCUT2D eigenvalue weighted by atomic mass is 10.1.